The normalized spacial score (nSPS) is 11.1. The molecule has 0 fully saturated rings. The van der Waals surface area contributed by atoms with Gasteiger partial charge in [0, 0.05) is 6.54 Å². The highest BCUT2D eigenvalue weighted by molar-refractivity contribution is 6.33. The zero-order valence-electron chi connectivity index (χ0n) is 11.2. The zero-order chi connectivity index (χ0) is 15.1. The highest BCUT2D eigenvalue weighted by atomic mass is 35.5. The van der Waals surface area contributed by atoms with Gasteiger partial charge in [-0.1, -0.05) is 11.6 Å². The average Bonchev–Trinajstić information content (AvgIpc) is 2.41. The van der Waals surface area contributed by atoms with Gasteiger partial charge in [-0.25, -0.2) is 4.79 Å². The number of carbonyl (C=O) groups is 2. The molecule has 1 aromatic rings. The van der Waals surface area contributed by atoms with E-state index in [0.29, 0.717) is 22.8 Å². The molecule has 3 N–H and O–H groups in total. The molecule has 106 valence electrons. The largest absolute Gasteiger partial charge is 0.373 e. The molecule has 0 aromatic heterocycles. The number of rotatable bonds is 4. The number of hydrogen-bond donors (Lipinski definition) is 3. The lowest BCUT2D eigenvalue weighted by Gasteiger charge is -2.16. The van der Waals surface area contributed by atoms with Crippen LogP contribution in [-0.2, 0) is 4.79 Å². The van der Waals surface area contributed by atoms with Crippen LogP contribution in [-0.4, -0.2) is 24.5 Å². The number of urea groups is 1. The molecule has 7 heteroatoms. The van der Waals surface area contributed by atoms with E-state index in [0.717, 1.165) is 0 Å². The van der Waals surface area contributed by atoms with Crippen LogP contribution in [0.3, 0.4) is 0 Å². The van der Waals surface area contributed by atoms with Gasteiger partial charge in [-0.15, -0.1) is 0 Å². The predicted molar refractivity (Wildman–Crippen MR) is 76.5 cm³/mol. The van der Waals surface area contributed by atoms with E-state index in [2.05, 4.69) is 16.0 Å². The van der Waals surface area contributed by atoms with Crippen LogP contribution in [0, 0.1) is 11.3 Å². The Labute approximate surface area is 122 Å². The molecule has 20 heavy (non-hydrogen) atoms. The van der Waals surface area contributed by atoms with E-state index in [9.17, 15) is 9.59 Å². The van der Waals surface area contributed by atoms with Gasteiger partial charge in [0.25, 0.3) is 0 Å². The summed E-state index contributed by atoms with van der Waals surface area (Å²) < 4.78 is 0. The molecule has 0 saturated carbocycles. The first-order chi connectivity index (χ1) is 9.47. The number of anilines is 1. The summed E-state index contributed by atoms with van der Waals surface area (Å²) in [6, 6.07) is 5.44. The molecule has 0 aliphatic rings. The summed E-state index contributed by atoms with van der Waals surface area (Å²) in [5, 5.41) is 16.7. The summed E-state index contributed by atoms with van der Waals surface area (Å²) >= 11 is 5.97. The topological polar surface area (TPSA) is 94.0 Å². The van der Waals surface area contributed by atoms with Crippen LogP contribution in [0.15, 0.2) is 18.2 Å². The summed E-state index contributed by atoms with van der Waals surface area (Å²) in [6.07, 6.45) is 0. The first kappa shape index (κ1) is 15.8. The van der Waals surface area contributed by atoms with E-state index in [1.807, 2.05) is 6.07 Å². The molecule has 1 unspecified atom stereocenters. The minimum atomic E-state index is -0.677. The molecular weight excluding hydrogens is 280 g/mol. The minimum absolute atomic E-state index is 0.390. The summed E-state index contributed by atoms with van der Waals surface area (Å²) in [5.41, 5.74) is 0.887. The Morgan fingerprint density at radius 3 is 2.75 bits per heavy atom. The van der Waals surface area contributed by atoms with Gasteiger partial charge in [-0.2, -0.15) is 5.26 Å². The fourth-order valence-electron chi connectivity index (χ4n) is 1.43. The molecule has 0 spiro atoms. The van der Waals surface area contributed by atoms with Gasteiger partial charge in [-0.3, -0.25) is 10.1 Å². The lowest BCUT2D eigenvalue weighted by atomic mass is 10.2. The van der Waals surface area contributed by atoms with E-state index in [1.165, 1.54) is 6.07 Å². The second-order valence-corrected chi connectivity index (χ2v) is 4.43. The number of hydrogen-bond acceptors (Lipinski definition) is 4. The van der Waals surface area contributed by atoms with Crippen LogP contribution in [0.4, 0.5) is 10.5 Å². The number of carbonyl (C=O) groups excluding carboxylic acids is 2. The van der Waals surface area contributed by atoms with Crippen molar-refractivity contribution in [3.05, 3.63) is 28.8 Å². The first-order valence-electron chi connectivity index (χ1n) is 6.02. The third-order valence-corrected chi connectivity index (χ3v) is 2.76. The van der Waals surface area contributed by atoms with Gasteiger partial charge in [0.2, 0.25) is 5.91 Å². The number of benzene rings is 1. The number of halogens is 1. The van der Waals surface area contributed by atoms with Crippen molar-refractivity contribution in [2.45, 2.75) is 19.9 Å². The molecule has 1 aromatic carbocycles. The highest BCUT2D eigenvalue weighted by Crippen LogP contribution is 2.23. The molecular formula is C13H15ClN4O2. The molecule has 0 aliphatic heterocycles. The van der Waals surface area contributed by atoms with Crippen molar-refractivity contribution in [1.82, 2.24) is 10.6 Å². The number of nitrogens with one attached hydrogen (secondary N) is 3. The van der Waals surface area contributed by atoms with Crippen molar-refractivity contribution in [3.8, 4) is 6.07 Å². The predicted octanol–water partition coefficient (Wildman–Crippen LogP) is 1.86. The average molecular weight is 295 g/mol. The van der Waals surface area contributed by atoms with Crippen molar-refractivity contribution < 1.29 is 9.59 Å². The maximum absolute atomic E-state index is 11.8. The number of nitrogens with zero attached hydrogens (tertiary/aromatic N) is 1. The van der Waals surface area contributed by atoms with Crippen LogP contribution >= 0.6 is 11.6 Å². The second-order valence-electron chi connectivity index (χ2n) is 4.02. The van der Waals surface area contributed by atoms with Gasteiger partial charge in [-0.05, 0) is 32.0 Å². The zero-order valence-corrected chi connectivity index (χ0v) is 11.9. The van der Waals surface area contributed by atoms with Crippen LogP contribution in [0.25, 0.3) is 0 Å². The summed E-state index contributed by atoms with van der Waals surface area (Å²) in [6.45, 7) is 3.76. The Hall–Kier alpha value is -2.26. The van der Waals surface area contributed by atoms with Gasteiger partial charge in [0.15, 0.2) is 0 Å². The van der Waals surface area contributed by atoms with Crippen molar-refractivity contribution in [2.24, 2.45) is 0 Å². The molecule has 6 nitrogen and oxygen atoms in total. The molecule has 1 rings (SSSR count). The molecule has 0 aliphatic carbocycles. The van der Waals surface area contributed by atoms with Crippen LogP contribution < -0.4 is 16.0 Å². The van der Waals surface area contributed by atoms with E-state index in [4.69, 9.17) is 16.9 Å². The Morgan fingerprint density at radius 2 is 2.15 bits per heavy atom. The van der Waals surface area contributed by atoms with Crippen LogP contribution in [0.5, 0.6) is 0 Å². The van der Waals surface area contributed by atoms with E-state index in [1.54, 1.807) is 26.0 Å². The van der Waals surface area contributed by atoms with Crippen molar-refractivity contribution in [3.63, 3.8) is 0 Å². The van der Waals surface area contributed by atoms with Crippen molar-refractivity contribution in [2.75, 3.05) is 11.9 Å². The monoisotopic (exact) mass is 294 g/mol. The molecule has 0 heterocycles. The third kappa shape index (κ3) is 4.44. The van der Waals surface area contributed by atoms with Crippen LogP contribution in [0.1, 0.15) is 19.4 Å². The molecule has 0 saturated heterocycles. The standard InChI is InChI=1S/C13H15ClN4O2/c1-3-16-13(20)18-12(19)8(2)17-11-6-9(7-15)4-5-10(11)14/h4-6,8,17H,3H2,1-2H3,(H2,16,18,19,20). The van der Waals surface area contributed by atoms with E-state index < -0.39 is 18.0 Å². The minimum Gasteiger partial charge on any atom is -0.373 e. The summed E-state index contributed by atoms with van der Waals surface area (Å²) in [5.74, 6) is -0.491. The maximum atomic E-state index is 11.8. The van der Waals surface area contributed by atoms with E-state index in [-0.39, 0.29) is 0 Å². The summed E-state index contributed by atoms with van der Waals surface area (Å²) in [4.78, 5) is 23.0. The Bertz CT molecular complexity index is 554. The van der Waals surface area contributed by atoms with Crippen LogP contribution in [0.2, 0.25) is 5.02 Å². The number of amides is 3. The smallest absolute Gasteiger partial charge is 0.321 e. The Morgan fingerprint density at radius 1 is 1.45 bits per heavy atom. The third-order valence-electron chi connectivity index (χ3n) is 2.43. The van der Waals surface area contributed by atoms with Crippen molar-refractivity contribution in [1.29, 1.82) is 5.26 Å². The summed E-state index contributed by atoms with van der Waals surface area (Å²) in [7, 11) is 0. The highest BCUT2D eigenvalue weighted by Gasteiger charge is 2.16. The Balaban J connectivity index is 2.71. The molecule has 0 radical (unpaired) electrons. The second kappa shape index (κ2) is 7.36. The fraction of sp³-hybridized carbons (Fsp3) is 0.308. The SMILES string of the molecule is CCNC(=O)NC(=O)C(C)Nc1cc(C#N)ccc1Cl. The molecule has 3 amide bonds. The molecule has 0 bridgehead atoms. The van der Waals surface area contributed by atoms with Gasteiger partial charge in [0.05, 0.1) is 22.3 Å². The Kier molecular flexibility index (Phi) is 5.81. The van der Waals surface area contributed by atoms with Gasteiger partial charge in [0.1, 0.15) is 6.04 Å². The van der Waals surface area contributed by atoms with E-state index >= 15 is 0 Å². The fourth-order valence-corrected chi connectivity index (χ4v) is 1.60. The lowest BCUT2D eigenvalue weighted by Crippen LogP contribution is -2.45. The van der Waals surface area contributed by atoms with Crippen molar-refractivity contribution >= 4 is 29.2 Å². The first-order valence-corrected chi connectivity index (χ1v) is 6.40. The van der Waals surface area contributed by atoms with Gasteiger partial charge < -0.3 is 10.6 Å². The number of nitriles is 1. The number of imide groups is 1. The quantitative estimate of drug-likeness (QED) is 0.790. The molecule has 1 atom stereocenters. The lowest BCUT2D eigenvalue weighted by molar-refractivity contribution is -0.120. The maximum Gasteiger partial charge on any atom is 0.321 e. The van der Waals surface area contributed by atoms with Gasteiger partial charge >= 0.3 is 6.03 Å².